The van der Waals surface area contributed by atoms with Crippen LogP contribution in [0.2, 0.25) is 10.0 Å². The fraction of sp³-hybridized carbons (Fsp3) is 0.200. The average Bonchev–Trinajstić information content (AvgIpc) is 2.66. The number of nitrogens with one attached hydrogen (secondary N) is 1. The summed E-state index contributed by atoms with van der Waals surface area (Å²) >= 11 is 12.2. The fourth-order valence-corrected chi connectivity index (χ4v) is 2.66. The van der Waals surface area contributed by atoms with Crippen molar-refractivity contribution in [3.05, 3.63) is 63.6 Å². The van der Waals surface area contributed by atoms with Crippen LogP contribution < -0.4 is 10.1 Å². The lowest BCUT2D eigenvalue weighted by atomic mass is 10.2. The van der Waals surface area contributed by atoms with Gasteiger partial charge in [-0.3, -0.25) is 4.79 Å². The van der Waals surface area contributed by atoms with Crippen LogP contribution in [0.4, 0.5) is 5.69 Å². The number of amides is 1. The zero-order valence-electron chi connectivity index (χ0n) is 14.9. The molecule has 0 saturated heterocycles. The average molecular weight is 408 g/mol. The fourth-order valence-electron chi connectivity index (χ4n) is 2.19. The van der Waals surface area contributed by atoms with Gasteiger partial charge in [0.05, 0.1) is 22.3 Å². The highest BCUT2D eigenvalue weighted by molar-refractivity contribution is 6.40. The third-order valence-electron chi connectivity index (χ3n) is 3.51. The van der Waals surface area contributed by atoms with Crippen molar-refractivity contribution in [2.24, 2.45) is 0 Å². The molecule has 0 aromatic heterocycles. The van der Waals surface area contributed by atoms with Crippen LogP contribution in [0, 0.1) is 6.92 Å². The SMILES string of the molecule is CCOc1ccccc1/C=C/C(=O)OCC(=O)Nc1c(Cl)ccc(C)c1Cl. The molecule has 0 aliphatic heterocycles. The van der Waals surface area contributed by atoms with E-state index in [4.69, 9.17) is 32.7 Å². The molecule has 1 N–H and O–H groups in total. The van der Waals surface area contributed by atoms with Gasteiger partial charge in [-0.15, -0.1) is 0 Å². The van der Waals surface area contributed by atoms with Gasteiger partial charge in [-0.05, 0) is 37.6 Å². The number of anilines is 1. The summed E-state index contributed by atoms with van der Waals surface area (Å²) in [6.07, 6.45) is 2.80. The number of aryl methyl sites for hydroxylation is 1. The first kappa shape index (κ1) is 20.8. The van der Waals surface area contributed by atoms with E-state index in [0.717, 1.165) is 11.1 Å². The first-order chi connectivity index (χ1) is 12.9. The molecule has 0 bridgehead atoms. The van der Waals surface area contributed by atoms with Gasteiger partial charge in [-0.1, -0.05) is 47.5 Å². The Hall–Kier alpha value is -2.50. The third-order valence-corrected chi connectivity index (χ3v) is 4.31. The van der Waals surface area contributed by atoms with E-state index in [-0.39, 0.29) is 0 Å². The molecule has 0 aliphatic rings. The molecule has 0 unspecified atom stereocenters. The van der Waals surface area contributed by atoms with Crippen LogP contribution >= 0.6 is 23.2 Å². The second-order valence-electron chi connectivity index (χ2n) is 5.51. The molecule has 0 spiro atoms. The second kappa shape index (κ2) is 10.00. The molecular formula is C20H19Cl2NO4. The number of benzene rings is 2. The van der Waals surface area contributed by atoms with Gasteiger partial charge in [-0.2, -0.15) is 0 Å². The van der Waals surface area contributed by atoms with E-state index in [9.17, 15) is 9.59 Å². The Morgan fingerprint density at radius 1 is 1.15 bits per heavy atom. The second-order valence-corrected chi connectivity index (χ2v) is 6.30. The molecule has 27 heavy (non-hydrogen) atoms. The van der Waals surface area contributed by atoms with Crippen LogP contribution in [-0.2, 0) is 14.3 Å². The van der Waals surface area contributed by atoms with Gasteiger partial charge < -0.3 is 14.8 Å². The van der Waals surface area contributed by atoms with Crippen LogP contribution in [0.15, 0.2) is 42.5 Å². The molecule has 2 aromatic carbocycles. The molecular weight excluding hydrogens is 389 g/mol. The van der Waals surface area contributed by atoms with E-state index in [1.54, 1.807) is 31.2 Å². The summed E-state index contributed by atoms with van der Waals surface area (Å²) in [5.41, 5.74) is 1.80. The molecule has 142 valence electrons. The van der Waals surface area contributed by atoms with E-state index < -0.39 is 18.5 Å². The molecule has 0 fully saturated rings. The van der Waals surface area contributed by atoms with Gasteiger partial charge >= 0.3 is 5.97 Å². The quantitative estimate of drug-likeness (QED) is 0.523. The third kappa shape index (κ3) is 6.01. The van der Waals surface area contributed by atoms with Crippen molar-refractivity contribution in [2.75, 3.05) is 18.5 Å². The van der Waals surface area contributed by atoms with Gasteiger partial charge in [0.1, 0.15) is 5.75 Å². The van der Waals surface area contributed by atoms with E-state index in [1.807, 2.05) is 25.1 Å². The van der Waals surface area contributed by atoms with Gasteiger partial charge in [0.2, 0.25) is 0 Å². The van der Waals surface area contributed by atoms with E-state index >= 15 is 0 Å². The Balaban J connectivity index is 1.92. The largest absolute Gasteiger partial charge is 0.493 e. The zero-order valence-corrected chi connectivity index (χ0v) is 16.4. The Kier molecular flexibility index (Phi) is 7.70. The predicted octanol–water partition coefficient (Wildman–Crippen LogP) is 4.90. The number of para-hydroxylation sites is 1. The van der Waals surface area contributed by atoms with Gasteiger partial charge in [0, 0.05) is 11.6 Å². The highest BCUT2D eigenvalue weighted by Gasteiger charge is 2.13. The molecule has 1 amide bonds. The van der Waals surface area contributed by atoms with Crippen molar-refractivity contribution in [3.8, 4) is 5.75 Å². The summed E-state index contributed by atoms with van der Waals surface area (Å²) < 4.78 is 10.4. The summed E-state index contributed by atoms with van der Waals surface area (Å²) in [4.78, 5) is 23.8. The molecule has 0 heterocycles. The van der Waals surface area contributed by atoms with Crippen molar-refractivity contribution in [3.63, 3.8) is 0 Å². The minimum atomic E-state index is -0.655. The first-order valence-corrected chi connectivity index (χ1v) is 8.99. The van der Waals surface area contributed by atoms with Crippen molar-refractivity contribution >= 4 is 46.8 Å². The van der Waals surface area contributed by atoms with E-state index in [0.29, 0.717) is 28.1 Å². The molecule has 5 nitrogen and oxygen atoms in total. The lowest BCUT2D eigenvalue weighted by Gasteiger charge is -2.11. The molecule has 0 atom stereocenters. The maximum absolute atomic E-state index is 12.0. The maximum atomic E-state index is 12.0. The first-order valence-electron chi connectivity index (χ1n) is 8.23. The standard InChI is InChI=1S/C20H19Cl2NO4/c1-3-26-16-7-5-4-6-14(16)9-11-18(25)27-12-17(24)23-20-15(21)10-8-13(2)19(20)22/h4-11H,3,12H2,1-2H3,(H,23,24)/b11-9+. The number of hydrogen-bond donors (Lipinski definition) is 1. The Morgan fingerprint density at radius 3 is 2.63 bits per heavy atom. The Labute approximate surface area is 167 Å². The minimum Gasteiger partial charge on any atom is -0.493 e. The number of esters is 1. The number of halogens is 2. The Morgan fingerprint density at radius 2 is 1.89 bits per heavy atom. The Bertz CT molecular complexity index is 865. The number of carbonyl (C=O) groups is 2. The van der Waals surface area contributed by atoms with E-state index in [1.165, 1.54) is 6.08 Å². The number of rotatable bonds is 7. The minimum absolute atomic E-state index is 0.292. The number of ether oxygens (including phenoxy) is 2. The van der Waals surface area contributed by atoms with Crippen molar-refractivity contribution < 1.29 is 19.1 Å². The van der Waals surface area contributed by atoms with Gasteiger partial charge in [0.15, 0.2) is 6.61 Å². The zero-order chi connectivity index (χ0) is 19.8. The normalized spacial score (nSPS) is 10.7. The van der Waals surface area contributed by atoms with Crippen molar-refractivity contribution in [1.29, 1.82) is 0 Å². The lowest BCUT2D eigenvalue weighted by Crippen LogP contribution is -2.20. The summed E-state index contributed by atoms with van der Waals surface area (Å²) in [6, 6.07) is 10.7. The number of carbonyl (C=O) groups excluding carboxylic acids is 2. The molecule has 0 aliphatic carbocycles. The summed E-state index contributed by atoms with van der Waals surface area (Å²) in [5.74, 6) is -0.538. The number of hydrogen-bond acceptors (Lipinski definition) is 4. The van der Waals surface area contributed by atoms with Crippen molar-refractivity contribution in [2.45, 2.75) is 13.8 Å². The van der Waals surface area contributed by atoms with Crippen LogP contribution in [0.25, 0.3) is 6.08 Å². The van der Waals surface area contributed by atoms with Gasteiger partial charge in [0.25, 0.3) is 5.91 Å². The monoisotopic (exact) mass is 407 g/mol. The molecule has 7 heteroatoms. The molecule has 2 aromatic rings. The highest BCUT2D eigenvalue weighted by Crippen LogP contribution is 2.32. The topological polar surface area (TPSA) is 64.6 Å². The molecule has 0 saturated carbocycles. The summed E-state index contributed by atoms with van der Waals surface area (Å²) in [7, 11) is 0. The predicted molar refractivity (Wildman–Crippen MR) is 107 cm³/mol. The van der Waals surface area contributed by atoms with E-state index in [2.05, 4.69) is 5.32 Å². The van der Waals surface area contributed by atoms with Crippen LogP contribution in [0.5, 0.6) is 5.75 Å². The van der Waals surface area contributed by atoms with Crippen LogP contribution in [-0.4, -0.2) is 25.1 Å². The molecule has 2 rings (SSSR count). The van der Waals surface area contributed by atoms with Crippen LogP contribution in [0.1, 0.15) is 18.1 Å². The van der Waals surface area contributed by atoms with Gasteiger partial charge in [-0.25, -0.2) is 4.79 Å². The lowest BCUT2D eigenvalue weighted by molar-refractivity contribution is -0.142. The molecule has 0 radical (unpaired) electrons. The van der Waals surface area contributed by atoms with Crippen molar-refractivity contribution in [1.82, 2.24) is 0 Å². The van der Waals surface area contributed by atoms with Crippen LogP contribution in [0.3, 0.4) is 0 Å². The summed E-state index contributed by atoms with van der Waals surface area (Å²) in [5, 5.41) is 3.20. The highest BCUT2D eigenvalue weighted by atomic mass is 35.5. The smallest absolute Gasteiger partial charge is 0.331 e. The maximum Gasteiger partial charge on any atom is 0.331 e. The summed E-state index contributed by atoms with van der Waals surface area (Å²) in [6.45, 7) is 3.72.